The molecule has 0 aliphatic heterocycles. The lowest BCUT2D eigenvalue weighted by Gasteiger charge is -2.09. The molecule has 92 valence electrons. The van der Waals surface area contributed by atoms with Gasteiger partial charge < -0.3 is 10.1 Å². The van der Waals surface area contributed by atoms with Crippen LogP contribution in [-0.4, -0.2) is 25.2 Å². The largest absolute Gasteiger partial charge is 0.496 e. The van der Waals surface area contributed by atoms with E-state index in [0.29, 0.717) is 0 Å². The van der Waals surface area contributed by atoms with Crippen molar-refractivity contribution in [3.8, 4) is 18.1 Å². The summed E-state index contributed by atoms with van der Waals surface area (Å²) < 4.78 is 6.37. The summed E-state index contributed by atoms with van der Waals surface area (Å²) in [7, 11) is 1.69. The van der Waals surface area contributed by atoms with E-state index in [-0.39, 0.29) is 0 Å². The van der Waals surface area contributed by atoms with E-state index < -0.39 is 0 Å². The van der Waals surface area contributed by atoms with Gasteiger partial charge in [-0.1, -0.05) is 21.9 Å². The molecule has 0 unspecified atom stereocenters. The van der Waals surface area contributed by atoms with Crippen LogP contribution < -0.4 is 10.1 Å². The SMILES string of the molecule is C#CCSCCNCc1cc(Br)ccc1OC. The summed E-state index contributed by atoms with van der Waals surface area (Å²) in [5.41, 5.74) is 1.16. The van der Waals surface area contributed by atoms with Gasteiger partial charge in [0, 0.05) is 28.9 Å². The third kappa shape index (κ3) is 5.49. The predicted octanol–water partition coefficient (Wildman–Crippen LogP) is 2.91. The number of methoxy groups -OCH3 is 1. The van der Waals surface area contributed by atoms with Gasteiger partial charge in [-0.25, -0.2) is 0 Å². The molecule has 0 amide bonds. The Morgan fingerprint density at radius 1 is 1.53 bits per heavy atom. The van der Waals surface area contributed by atoms with Crippen LogP contribution in [0.2, 0.25) is 0 Å². The van der Waals surface area contributed by atoms with Gasteiger partial charge in [0.05, 0.1) is 12.9 Å². The Balaban J connectivity index is 2.35. The zero-order chi connectivity index (χ0) is 12.5. The van der Waals surface area contributed by atoms with Crippen LogP contribution in [0.4, 0.5) is 0 Å². The molecule has 1 N–H and O–H groups in total. The molecule has 2 nitrogen and oxygen atoms in total. The fourth-order valence-corrected chi connectivity index (χ4v) is 2.34. The smallest absolute Gasteiger partial charge is 0.123 e. The zero-order valence-electron chi connectivity index (χ0n) is 9.83. The van der Waals surface area contributed by atoms with Crippen LogP contribution in [-0.2, 0) is 6.54 Å². The van der Waals surface area contributed by atoms with Gasteiger partial charge in [-0.3, -0.25) is 0 Å². The summed E-state index contributed by atoms with van der Waals surface area (Å²) >= 11 is 5.22. The van der Waals surface area contributed by atoms with Crippen molar-refractivity contribution in [2.24, 2.45) is 0 Å². The molecule has 0 spiro atoms. The Morgan fingerprint density at radius 2 is 2.35 bits per heavy atom. The van der Waals surface area contributed by atoms with Gasteiger partial charge in [-0.2, -0.15) is 0 Å². The summed E-state index contributed by atoms with van der Waals surface area (Å²) in [6.07, 6.45) is 5.18. The van der Waals surface area contributed by atoms with E-state index in [1.807, 2.05) is 12.1 Å². The van der Waals surface area contributed by atoms with Crippen molar-refractivity contribution in [1.29, 1.82) is 0 Å². The maximum absolute atomic E-state index is 5.30. The molecule has 0 saturated heterocycles. The lowest BCUT2D eigenvalue weighted by molar-refractivity contribution is 0.408. The Morgan fingerprint density at radius 3 is 3.06 bits per heavy atom. The van der Waals surface area contributed by atoms with Gasteiger partial charge in [-0.05, 0) is 18.2 Å². The van der Waals surface area contributed by atoms with Crippen molar-refractivity contribution in [2.45, 2.75) is 6.54 Å². The summed E-state index contributed by atoms with van der Waals surface area (Å²) in [6.45, 7) is 1.75. The first-order chi connectivity index (χ1) is 8.27. The zero-order valence-corrected chi connectivity index (χ0v) is 12.2. The van der Waals surface area contributed by atoms with Crippen LogP contribution in [0.25, 0.3) is 0 Å². The third-order valence-electron chi connectivity index (χ3n) is 2.17. The van der Waals surface area contributed by atoms with Crippen molar-refractivity contribution >= 4 is 27.7 Å². The Bertz CT molecular complexity index is 389. The lowest BCUT2D eigenvalue weighted by Crippen LogP contribution is -2.17. The highest BCUT2D eigenvalue weighted by molar-refractivity contribution is 9.10. The summed E-state index contributed by atoms with van der Waals surface area (Å²) in [5, 5.41) is 3.37. The minimum atomic E-state index is 0.780. The van der Waals surface area contributed by atoms with Gasteiger partial charge in [0.1, 0.15) is 5.75 Å². The third-order valence-corrected chi connectivity index (χ3v) is 3.52. The fourth-order valence-electron chi connectivity index (χ4n) is 1.38. The molecule has 0 aliphatic rings. The highest BCUT2D eigenvalue weighted by Crippen LogP contribution is 2.22. The maximum atomic E-state index is 5.30. The van der Waals surface area contributed by atoms with Gasteiger partial charge in [0.15, 0.2) is 0 Å². The van der Waals surface area contributed by atoms with Crippen LogP contribution >= 0.6 is 27.7 Å². The van der Waals surface area contributed by atoms with E-state index in [2.05, 4.69) is 33.2 Å². The molecule has 1 aromatic carbocycles. The number of benzene rings is 1. The van der Waals surface area contributed by atoms with E-state index in [4.69, 9.17) is 11.2 Å². The summed E-state index contributed by atoms with van der Waals surface area (Å²) in [5.74, 6) is 5.33. The number of ether oxygens (including phenoxy) is 1. The van der Waals surface area contributed by atoms with Crippen molar-refractivity contribution in [2.75, 3.05) is 25.2 Å². The predicted molar refractivity (Wildman–Crippen MR) is 78.6 cm³/mol. The van der Waals surface area contributed by atoms with E-state index in [0.717, 1.165) is 40.4 Å². The average Bonchev–Trinajstić information content (AvgIpc) is 2.34. The van der Waals surface area contributed by atoms with Crippen LogP contribution in [0.1, 0.15) is 5.56 Å². The first kappa shape index (κ1) is 14.4. The molecule has 0 bridgehead atoms. The molecule has 0 heterocycles. The number of terminal acetylenes is 1. The van der Waals surface area contributed by atoms with Gasteiger partial charge in [-0.15, -0.1) is 18.2 Å². The van der Waals surface area contributed by atoms with E-state index in [9.17, 15) is 0 Å². The van der Waals surface area contributed by atoms with E-state index >= 15 is 0 Å². The van der Waals surface area contributed by atoms with Crippen LogP contribution in [0.5, 0.6) is 5.75 Å². The van der Waals surface area contributed by atoms with Crippen LogP contribution in [0.15, 0.2) is 22.7 Å². The molecule has 1 aromatic rings. The van der Waals surface area contributed by atoms with Crippen molar-refractivity contribution in [1.82, 2.24) is 5.32 Å². The number of hydrogen-bond acceptors (Lipinski definition) is 3. The maximum Gasteiger partial charge on any atom is 0.123 e. The van der Waals surface area contributed by atoms with Crippen molar-refractivity contribution in [3.05, 3.63) is 28.2 Å². The number of rotatable bonds is 7. The second-order valence-corrected chi connectivity index (χ2v) is 5.41. The first-order valence-electron chi connectivity index (χ1n) is 5.32. The minimum Gasteiger partial charge on any atom is -0.496 e. The number of thioether (sulfide) groups is 1. The molecular weight excluding hydrogens is 298 g/mol. The monoisotopic (exact) mass is 313 g/mol. The minimum absolute atomic E-state index is 0.780. The molecule has 0 aromatic heterocycles. The molecule has 17 heavy (non-hydrogen) atoms. The van der Waals surface area contributed by atoms with Crippen LogP contribution in [0, 0.1) is 12.3 Å². The molecule has 0 atom stereocenters. The highest BCUT2D eigenvalue weighted by atomic mass is 79.9. The molecule has 0 aliphatic carbocycles. The topological polar surface area (TPSA) is 21.3 Å². The average molecular weight is 314 g/mol. The Kier molecular flexibility index (Phi) is 7.18. The van der Waals surface area contributed by atoms with E-state index in [1.165, 1.54) is 0 Å². The van der Waals surface area contributed by atoms with Crippen molar-refractivity contribution < 1.29 is 4.74 Å². The number of nitrogens with one attached hydrogen (secondary N) is 1. The number of hydrogen-bond donors (Lipinski definition) is 1. The molecule has 0 radical (unpaired) electrons. The van der Waals surface area contributed by atoms with Crippen LogP contribution in [0.3, 0.4) is 0 Å². The lowest BCUT2D eigenvalue weighted by atomic mass is 10.2. The van der Waals surface area contributed by atoms with Gasteiger partial charge in [0.2, 0.25) is 0 Å². The normalized spacial score (nSPS) is 9.94. The molecule has 4 heteroatoms. The quantitative estimate of drug-likeness (QED) is 0.618. The second-order valence-electron chi connectivity index (χ2n) is 3.39. The van der Waals surface area contributed by atoms with Crippen molar-refractivity contribution in [3.63, 3.8) is 0 Å². The molecule has 1 rings (SSSR count). The summed E-state index contributed by atoms with van der Waals surface area (Å²) in [6, 6.07) is 6.01. The second kappa shape index (κ2) is 8.46. The van der Waals surface area contributed by atoms with Gasteiger partial charge in [0.25, 0.3) is 0 Å². The summed E-state index contributed by atoms with van der Waals surface area (Å²) in [4.78, 5) is 0. The van der Waals surface area contributed by atoms with Gasteiger partial charge >= 0.3 is 0 Å². The Hall–Kier alpha value is -0.630. The number of halogens is 1. The first-order valence-corrected chi connectivity index (χ1v) is 7.27. The van der Waals surface area contributed by atoms with E-state index in [1.54, 1.807) is 18.9 Å². The highest BCUT2D eigenvalue weighted by Gasteiger charge is 2.02. The molecule has 0 saturated carbocycles. The standard InChI is InChI=1S/C13H16BrNOS/c1-3-7-17-8-6-15-10-11-9-12(14)4-5-13(11)16-2/h1,4-5,9,15H,6-8,10H2,2H3. The fraction of sp³-hybridized carbons (Fsp3) is 0.385. The molecular formula is C13H16BrNOS. The Labute approximate surface area is 116 Å². The molecule has 0 fully saturated rings.